The standard InChI is InChI=1S/C25H17BrClFN4O5/c1-29-16-10-15(27)11-17(12-16)37-24-19(26)5-4-14(23(24)28)9-20-18-3-2-8-30-25(18)32(31-20)13-36-22(35)7-6-21(33)34/h2-5,8,10-12H,6-7,9,13H2,(H,33,34). The number of aliphatic carboxylic acids is 1. The van der Waals surface area contributed by atoms with Gasteiger partial charge in [-0.05, 0) is 57.9 Å². The topological polar surface area (TPSA) is 108 Å². The molecule has 4 aromatic rings. The Labute approximate surface area is 223 Å². The Bertz CT molecular complexity index is 1550. The number of rotatable bonds is 9. The monoisotopic (exact) mass is 586 g/mol. The van der Waals surface area contributed by atoms with Crippen molar-refractivity contribution in [1.29, 1.82) is 0 Å². The number of carboxylic acids is 1. The molecule has 2 aromatic heterocycles. The van der Waals surface area contributed by atoms with Crippen LogP contribution < -0.4 is 4.74 Å². The number of carbonyl (C=O) groups excluding carboxylic acids is 1. The Balaban J connectivity index is 1.60. The van der Waals surface area contributed by atoms with Crippen LogP contribution in [0.5, 0.6) is 11.5 Å². The molecule has 0 fully saturated rings. The van der Waals surface area contributed by atoms with Crippen LogP contribution in [0, 0.1) is 12.4 Å². The lowest BCUT2D eigenvalue weighted by Crippen LogP contribution is -2.12. The molecule has 0 aliphatic carbocycles. The number of hydrogen-bond acceptors (Lipinski definition) is 6. The third kappa shape index (κ3) is 6.22. The normalized spacial score (nSPS) is 10.8. The van der Waals surface area contributed by atoms with Crippen molar-refractivity contribution >= 4 is 56.2 Å². The summed E-state index contributed by atoms with van der Waals surface area (Å²) in [7, 11) is 0. The number of benzene rings is 2. The molecular weight excluding hydrogens is 571 g/mol. The van der Waals surface area contributed by atoms with Crippen molar-refractivity contribution in [3.05, 3.63) is 86.6 Å². The third-order valence-electron chi connectivity index (χ3n) is 5.17. The van der Waals surface area contributed by atoms with Crippen LogP contribution in [0.1, 0.15) is 24.1 Å². The molecule has 37 heavy (non-hydrogen) atoms. The Morgan fingerprint density at radius 3 is 2.78 bits per heavy atom. The smallest absolute Gasteiger partial charge is 0.308 e. The molecule has 1 N–H and O–H groups in total. The van der Waals surface area contributed by atoms with E-state index in [4.69, 9.17) is 32.8 Å². The molecule has 9 nitrogen and oxygen atoms in total. The second-order valence-corrected chi connectivity index (χ2v) is 9.04. The molecule has 0 aliphatic heterocycles. The number of nitrogens with zero attached hydrogens (tertiary/aromatic N) is 4. The number of ether oxygens (including phenoxy) is 2. The van der Waals surface area contributed by atoms with Crippen LogP contribution in [-0.2, 0) is 27.5 Å². The molecule has 0 unspecified atom stereocenters. The van der Waals surface area contributed by atoms with Gasteiger partial charge in [-0.15, -0.1) is 0 Å². The zero-order chi connectivity index (χ0) is 26.5. The van der Waals surface area contributed by atoms with E-state index in [0.29, 0.717) is 21.2 Å². The van der Waals surface area contributed by atoms with Crippen LogP contribution in [0.4, 0.5) is 10.1 Å². The van der Waals surface area contributed by atoms with Crippen LogP contribution in [0.3, 0.4) is 0 Å². The van der Waals surface area contributed by atoms with Crippen molar-refractivity contribution < 1.29 is 28.6 Å². The van der Waals surface area contributed by atoms with Gasteiger partial charge in [-0.3, -0.25) is 9.59 Å². The fourth-order valence-corrected chi connectivity index (χ4v) is 4.09. The molecule has 2 aromatic carbocycles. The van der Waals surface area contributed by atoms with Crippen molar-refractivity contribution in [1.82, 2.24) is 14.8 Å². The molecular formula is C25H17BrClFN4O5. The summed E-state index contributed by atoms with van der Waals surface area (Å²) in [6.07, 6.45) is 1.00. The number of halogens is 3. The lowest BCUT2D eigenvalue weighted by Gasteiger charge is -2.12. The summed E-state index contributed by atoms with van der Waals surface area (Å²) in [4.78, 5) is 30.1. The summed E-state index contributed by atoms with van der Waals surface area (Å²) in [5.41, 5.74) is 1.43. The van der Waals surface area contributed by atoms with E-state index in [1.807, 2.05) is 0 Å². The minimum absolute atomic E-state index is 0.0699. The second-order valence-electron chi connectivity index (χ2n) is 7.75. The fourth-order valence-electron chi connectivity index (χ4n) is 3.48. The van der Waals surface area contributed by atoms with Crippen molar-refractivity contribution in [3.8, 4) is 11.5 Å². The van der Waals surface area contributed by atoms with E-state index in [1.54, 1.807) is 30.5 Å². The largest absolute Gasteiger partial charge is 0.481 e. The minimum Gasteiger partial charge on any atom is -0.481 e. The van der Waals surface area contributed by atoms with Crippen molar-refractivity contribution in [3.63, 3.8) is 0 Å². The molecule has 12 heteroatoms. The quantitative estimate of drug-likeness (QED) is 0.181. The fraction of sp³-hybridized carbons (Fsp3) is 0.160. The van der Waals surface area contributed by atoms with Crippen LogP contribution >= 0.6 is 27.5 Å². The van der Waals surface area contributed by atoms with Gasteiger partial charge in [0.25, 0.3) is 0 Å². The highest BCUT2D eigenvalue weighted by Crippen LogP contribution is 2.37. The lowest BCUT2D eigenvalue weighted by molar-refractivity contribution is -0.150. The maximum Gasteiger partial charge on any atom is 0.308 e. The Hall–Kier alpha value is -4.01. The van der Waals surface area contributed by atoms with Gasteiger partial charge < -0.3 is 14.6 Å². The molecule has 4 rings (SSSR count). The highest BCUT2D eigenvalue weighted by molar-refractivity contribution is 9.10. The Morgan fingerprint density at radius 2 is 2.03 bits per heavy atom. The van der Waals surface area contributed by atoms with Gasteiger partial charge in [0, 0.05) is 23.0 Å². The number of esters is 1. The van der Waals surface area contributed by atoms with E-state index in [-0.39, 0.29) is 53.8 Å². The molecule has 0 aliphatic rings. The van der Waals surface area contributed by atoms with Gasteiger partial charge in [0.2, 0.25) is 0 Å². The number of fused-ring (bicyclic) bond motifs is 1. The van der Waals surface area contributed by atoms with E-state index < -0.39 is 17.8 Å². The molecule has 0 saturated heterocycles. The SMILES string of the molecule is [C-]#[N+]c1cc(Cl)cc(Oc2c(Br)ccc(Cc3nn(COC(=O)CCC(=O)O)c4ncccc34)c2F)c1. The first-order valence-corrected chi connectivity index (χ1v) is 11.9. The number of aromatic nitrogens is 3. The molecule has 0 radical (unpaired) electrons. The number of carboxylic acid groups (broad SMARTS) is 1. The van der Waals surface area contributed by atoms with Crippen molar-refractivity contribution in [2.45, 2.75) is 26.0 Å². The maximum atomic E-state index is 15.6. The van der Waals surface area contributed by atoms with E-state index in [2.05, 4.69) is 30.9 Å². The van der Waals surface area contributed by atoms with Crippen LogP contribution in [0.15, 0.2) is 53.1 Å². The van der Waals surface area contributed by atoms with E-state index >= 15 is 4.39 Å². The highest BCUT2D eigenvalue weighted by Gasteiger charge is 2.19. The first-order chi connectivity index (χ1) is 17.7. The summed E-state index contributed by atoms with van der Waals surface area (Å²) < 4.78 is 28.2. The van der Waals surface area contributed by atoms with E-state index in [9.17, 15) is 9.59 Å². The zero-order valence-electron chi connectivity index (χ0n) is 19.0. The number of pyridine rings is 1. The van der Waals surface area contributed by atoms with Gasteiger partial charge in [0.1, 0.15) is 5.75 Å². The summed E-state index contributed by atoms with van der Waals surface area (Å²) in [6.45, 7) is 6.91. The maximum absolute atomic E-state index is 15.6. The number of carbonyl (C=O) groups is 2. The third-order valence-corrected chi connectivity index (χ3v) is 6.01. The van der Waals surface area contributed by atoms with Crippen molar-refractivity contribution in [2.75, 3.05) is 0 Å². The summed E-state index contributed by atoms with van der Waals surface area (Å²) in [5, 5.41) is 14.1. The number of hydrogen-bond donors (Lipinski definition) is 1. The van der Waals surface area contributed by atoms with Gasteiger partial charge in [0.15, 0.2) is 29.6 Å². The summed E-state index contributed by atoms with van der Waals surface area (Å²) >= 11 is 9.35. The minimum atomic E-state index is -1.10. The predicted octanol–water partition coefficient (Wildman–Crippen LogP) is 6.29. The van der Waals surface area contributed by atoms with Crippen LogP contribution in [0.25, 0.3) is 15.9 Å². The zero-order valence-corrected chi connectivity index (χ0v) is 21.3. The van der Waals surface area contributed by atoms with Crippen LogP contribution in [-0.4, -0.2) is 31.8 Å². The van der Waals surface area contributed by atoms with Gasteiger partial charge >= 0.3 is 11.9 Å². The van der Waals surface area contributed by atoms with Gasteiger partial charge in [-0.1, -0.05) is 17.7 Å². The second kappa shape index (κ2) is 11.4. The van der Waals surface area contributed by atoms with Gasteiger partial charge in [0.05, 0.1) is 29.6 Å². The molecule has 2 heterocycles. The van der Waals surface area contributed by atoms with Crippen LogP contribution in [0.2, 0.25) is 5.02 Å². The first kappa shape index (κ1) is 26.1. The summed E-state index contributed by atoms with van der Waals surface area (Å²) in [6, 6.07) is 11.1. The Morgan fingerprint density at radius 1 is 1.22 bits per heavy atom. The molecule has 0 spiro atoms. The molecule has 0 bridgehead atoms. The predicted molar refractivity (Wildman–Crippen MR) is 135 cm³/mol. The van der Waals surface area contributed by atoms with E-state index in [0.717, 1.165) is 0 Å². The highest BCUT2D eigenvalue weighted by atomic mass is 79.9. The average molecular weight is 588 g/mol. The Kier molecular flexibility index (Phi) is 8.01. The molecule has 0 amide bonds. The molecule has 0 atom stereocenters. The van der Waals surface area contributed by atoms with Gasteiger partial charge in [-0.2, -0.15) is 5.10 Å². The summed E-state index contributed by atoms with van der Waals surface area (Å²) in [5.74, 6) is -2.30. The molecule has 0 saturated carbocycles. The first-order valence-electron chi connectivity index (χ1n) is 10.8. The lowest BCUT2D eigenvalue weighted by atomic mass is 10.1. The van der Waals surface area contributed by atoms with E-state index in [1.165, 1.54) is 22.9 Å². The molecule has 188 valence electrons. The van der Waals surface area contributed by atoms with Crippen molar-refractivity contribution in [2.24, 2.45) is 0 Å². The average Bonchev–Trinajstić information content (AvgIpc) is 3.22. The van der Waals surface area contributed by atoms with Gasteiger partial charge in [-0.25, -0.2) is 18.9 Å².